The first-order valence-corrected chi connectivity index (χ1v) is 16.7. The maximum Gasteiger partial charge on any atom is 0.143 e. The van der Waals surface area contributed by atoms with Gasteiger partial charge >= 0.3 is 0 Å². The third kappa shape index (κ3) is 3.52. The lowest BCUT2D eigenvalue weighted by Gasteiger charge is -2.29. The number of hydrogen-bond donors (Lipinski definition) is 0. The first-order chi connectivity index (χ1) is 22.6. The lowest BCUT2D eigenvalue weighted by atomic mass is 9.82. The Morgan fingerprint density at radius 1 is 0.543 bits per heavy atom. The smallest absolute Gasteiger partial charge is 0.143 e. The van der Waals surface area contributed by atoms with E-state index < -0.39 is 0 Å². The van der Waals surface area contributed by atoms with Gasteiger partial charge < -0.3 is 9.32 Å². The molecule has 218 valence electrons. The van der Waals surface area contributed by atoms with Gasteiger partial charge in [-0.1, -0.05) is 98.8 Å². The Morgan fingerprint density at radius 3 is 2.17 bits per heavy atom. The zero-order valence-electron chi connectivity index (χ0n) is 25.5. The number of thiophene rings is 1. The van der Waals surface area contributed by atoms with Gasteiger partial charge in [0.2, 0.25) is 0 Å². The Kier molecular flexibility index (Phi) is 5.25. The molecule has 1 aliphatic rings. The van der Waals surface area contributed by atoms with Crippen molar-refractivity contribution in [3.63, 3.8) is 0 Å². The number of hydrogen-bond acceptors (Lipinski definition) is 3. The van der Waals surface area contributed by atoms with Gasteiger partial charge in [0, 0.05) is 58.7 Å². The Bertz CT molecular complexity index is 2690. The van der Waals surface area contributed by atoms with Gasteiger partial charge in [-0.15, -0.1) is 11.3 Å². The van der Waals surface area contributed by atoms with Crippen molar-refractivity contribution in [2.75, 3.05) is 4.90 Å². The van der Waals surface area contributed by atoms with Gasteiger partial charge in [0.1, 0.15) is 11.2 Å². The van der Waals surface area contributed by atoms with Gasteiger partial charge in [-0.05, 0) is 76.7 Å². The molecule has 0 aliphatic heterocycles. The fraction of sp³-hybridized carbons (Fsp3) is 0.0698. The number of benzene rings is 7. The van der Waals surface area contributed by atoms with Crippen LogP contribution in [0, 0.1) is 0 Å². The van der Waals surface area contributed by atoms with Crippen molar-refractivity contribution in [1.29, 1.82) is 0 Å². The average Bonchev–Trinajstić information content (AvgIpc) is 3.73. The van der Waals surface area contributed by atoms with Crippen molar-refractivity contribution in [3.05, 3.63) is 151 Å². The molecule has 0 unspecified atom stereocenters. The van der Waals surface area contributed by atoms with E-state index in [4.69, 9.17) is 4.42 Å². The number of fused-ring (bicyclic) bond motifs is 11. The number of furan rings is 1. The molecule has 46 heavy (non-hydrogen) atoms. The second kappa shape index (κ2) is 9.32. The molecule has 0 fully saturated rings. The van der Waals surface area contributed by atoms with E-state index in [9.17, 15) is 0 Å². The minimum Gasteiger partial charge on any atom is -0.455 e. The fourth-order valence-electron chi connectivity index (χ4n) is 7.83. The molecule has 0 saturated carbocycles. The van der Waals surface area contributed by atoms with Gasteiger partial charge in [0.05, 0.1) is 5.69 Å². The maximum absolute atomic E-state index is 6.54. The monoisotopic (exact) mass is 607 g/mol. The molecule has 2 heterocycles. The van der Waals surface area contributed by atoms with Crippen LogP contribution >= 0.6 is 11.3 Å². The zero-order chi connectivity index (χ0) is 30.6. The molecular formula is C43H29NOS. The van der Waals surface area contributed by atoms with E-state index >= 15 is 0 Å². The Balaban J connectivity index is 1.27. The second-order valence-corrected chi connectivity index (χ2v) is 14.0. The predicted molar refractivity (Wildman–Crippen MR) is 196 cm³/mol. The van der Waals surface area contributed by atoms with E-state index in [1.807, 2.05) is 11.3 Å². The number of anilines is 3. The first-order valence-electron chi connectivity index (χ1n) is 15.9. The first kappa shape index (κ1) is 25.9. The van der Waals surface area contributed by atoms with Crippen LogP contribution in [0.1, 0.15) is 25.0 Å². The lowest BCUT2D eigenvalue weighted by molar-refractivity contribution is 0.660. The molecule has 0 saturated heterocycles. The highest BCUT2D eigenvalue weighted by molar-refractivity contribution is 7.25. The van der Waals surface area contributed by atoms with Crippen LogP contribution in [-0.2, 0) is 5.41 Å². The minimum atomic E-state index is -0.0904. The van der Waals surface area contributed by atoms with Crippen LogP contribution in [0.15, 0.2) is 144 Å². The van der Waals surface area contributed by atoms with Gasteiger partial charge in [-0.25, -0.2) is 0 Å². The predicted octanol–water partition coefficient (Wildman–Crippen LogP) is 12.9. The molecule has 0 N–H and O–H groups in total. The Morgan fingerprint density at radius 2 is 1.26 bits per heavy atom. The summed E-state index contributed by atoms with van der Waals surface area (Å²) >= 11 is 1.86. The Labute approximate surface area is 270 Å². The van der Waals surface area contributed by atoms with Crippen LogP contribution in [0.5, 0.6) is 0 Å². The van der Waals surface area contributed by atoms with Crippen molar-refractivity contribution >= 4 is 81.3 Å². The summed E-state index contributed by atoms with van der Waals surface area (Å²) in [5.74, 6) is 0. The van der Waals surface area contributed by atoms with Gasteiger partial charge in [-0.2, -0.15) is 0 Å². The molecule has 0 bridgehead atoms. The van der Waals surface area contributed by atoms with Crippen molar-refractivity contribution in [2.24, 2.45) is 0 Å². The highest BCUT2D eigenvalue weighted by Crippen LogP contribution is 2.54. The second-order valence-electron chi connectivity index (χ2n) is 12.9. The fourth-order valence-corrected chi connectivity index (χ4v) is 8.92. The molecule has 0 amide bonds. The van der Waals surface area contributed by atoms with Crippen molar-refractivity contribution in [3.8, 4) is 11.1 Å². The molecule has 9 aromatic rings. The highest BCUT2D eigenvalue weighted by atomic mass is 32.1. The lowest BCUT2D eigenvalue weighted by Crippen LogP contribution is -2.16. The van der Waals surface area contributed by atoms with Gasteiger partial charge in [0.25, 0.3) is 0 Å². The van der Waals surface area contributed by atoms with Crippen LogP contribution in [-0.4, -0.2) is 0 Å². The van der Waals surface area contributed by atoms with E-state index in [0.29, 0.717) is 0 Å². The van der Waals surface area contributed by atoms with E-state index in [-0.39, 0.29) is 5.41 Å². The average molecular weight is 608 g/mol. The third-order valence-corrected chi connectivity index (χ3v) is 11.2. The van der Waals surface area contributed by atoms with Crippen LogP contribution < -0.4 is 4.90 Å². The molecular weight excluding hydrogens is 579 g/mol. The summed E-state index contributed by atoms with van der Waals surface area (Å²) in [5.41, 5.74) is 10.5. The van der Waals surface area contributed by atoms with Crippen LogP contribution in [0.3, 0.4) is 0 Å². The molecule has 0 radical (unpaired) electrons. The summed E-state index contributed by atoms with van der Waals surface area (Å²) in [4.78, 5) is 2.46. The Hall–Kier alpha value is -5.38. The van der Waals surface area contributed by atoms with E-state index in [2.05, 4.69) is 158 Å². The van der Waals surface area contributed by atoms with Crippen LogP contribution in [0.2, 0.25) is 0 Å². The van der Waals surface area contributed by atoms with Crippen molar-refractivity contribution in [2.45, 2.75) is 19.3 Å². The molecule has 1 aliphatic carbocycles. The summed E-state index contributed by atoms with van der Waals surface area (Å²) < 4.78 is 9.16. The quantitative estimate of drug-likeness (QED) is 0.199. The topological polar surface area (TPSA) is 16.4 Å². The number of rotatable bonds is 3. The molecule has 10 rings (SSSR count). The summed E-state index contributed by atoms with van der Waals surface area (Å²) in [6.07, 6.45) is 0. The summed E-state index contributed by atoms with van der Waals surface area (Å²) in [6, 6.07) is 51.0. The van der Waals surface area contributed by atoms with Gasteiger partial charge in [-0.3, -0.25) is 0 Å². The molecule has 7 aromatic carbocycles. The molecule has 0 spiro atoms. The summed E-state index contributed by atoms with van der Waals surface area (Å²) in [5, 5.41) is 7.19. The van der Waals surface area contributed by atoms with Gasteiger partial charge in [0.15, 0.2) is 0 Å². The van der Waals surface area contributed by atoms with Crippen molar-refractivity contribution < 1.29 is 4.42 Å². The van der Waals surface area contributed by atoms with E-state index in [1.54, 1.807) is 0 Å². The molecule has 2 aromatic heterocycles. The van der Waals surface area contributed by atoms with E-state index in [1.165, 1.54) is 53.5 Å². The summed E-state index contributed by atoms with van der Waals surface area (Å²) in [7, 11) is 0. The third-order valence-electron chi connectivity index (χ3n) is 10.0. The minimum absolute atomic E-state index is 0.0904. The zero-order valence-corrected chi connectivity index (χ0v) is 26.4. The molecule has 3 heteroatoms. The van der Waals surface area contributed by atoms with E-state index in [0.717, 1.165) is 38.7 Å². The molecule has 2 nitrogen and oxygen atoms in total. The standard InChI is InChI=1S/C43H29NOS/c1-43(2)35-14-7-5-13-32(35)41-36(43)15-9-16-37(41)44(28-20-23-40-34(25-28)30-12-6-8-17-39(30)46-40)27-19-22-38-33(24-27)31-21-18-26-10-3-4-11-29(26)42(31)45-38/h3-25H,1-2H3. The number of nitrogens with zero attached hydrogens (tertiary/aromatic N) is 1. The van der Waals surface area contributed by atoms with Crippen LogP contribution in [0.25, 0.3) is 64.0 Å². The van der Waals surface area contributed by atoms with Crippen molar-refractivity contribution in [1.82, 2.24) is 0 Å². The maximum atomic E-state index is 6.54. The normalized spacial score (nSPS) is 13.6. The highest BCUT2D eigenvalue weighted by Gasteiger charge is 2.37. The summed E-state index contributed by atoms with van der Waals surface area (Å²) in [6.45, 7) is 4.70. The molecule has 0 atom stereocenters. The van der Waals surface area contributed by atoms with Crippen LogP contribution in [0.4, 0.5) is 17.1 Å². The SMILES string of the molecule is CC1(C)c2ccccc2-c2c(N(c3ccc4oc5c6ccccc6ccc5c4c3)c3ccc4sc5ccccc5c4c3)cccc21. The largest absolute Gasteiger partial charge is 0.455 e.